The average molecular weight is 271 g/mol. The van der Waals surface area contributed by atoms with Gasteiger partial charge in [0.15, 0.2) is 0 Å². The molecule has 0 aromatic heterocycles. The van der Waals surface area contributed by atoms with E-state index in [9.17, 15) is 4.39 Å². The summed E-state index contributed by atoms with van der Waals surface area (Å²) in [6.07, 6.45) is 1.95. The van der Waals surface area contributed by atoms with E-state index in [-0.39, 0.29) is 24.3 Å². The first-order valence-corrected chi connectivity index (χ1v) is 6.06. The standard InChI is InChI=1S/C14H19FN2.ClH/c1-3-14(17-8-6-16-7-9-17)13-5-4-12(15)10-11(13)2;/h3-5,10,14,16H,1,6-9H2,2H3;1H/t14-;/m1./s1. The van der Waals surface area contributed by atoms with Crippen LogP contribution >= 0.6 is 12.4 Å². The zero-order valence-corrected chi connectivity index (χ0v) is 11.5. The number of hydrogen-bond donors (Lipinski definition) is 1. The second kappa shape index (κ2) is 6.88. The summed E-state index contributed by atoms with van der Waals surface area (Å²) in [7, 11) is 0. The summed E-state index contributed by atoms with van der Waals surface area (Å²) in [6, 6.07) is 5.19. The molecule has 2 rings (SSSR count). The molecule has 0 amide bonds. The van der Waals surface area contributed by atoms with Gasteiger partial charge in [-0.05, 0) is 30.2 Å². The first kappa shape index (κ1) is 15.2. The number of nitrogens with one attached hydrogen (secondary N) is 1. The van der Waals surface area contributed by atoms with Crippen molar-refractivity contribution in [2.75, 3.05) is 26.2 Å². The molecule has 1 aliphatic heterocycles. The molecule has 1 heterocycles. The highest BCUT2D eigenvalue weighted by molar-refractivity contribution is 5.85. The van der Waals surface area contributed by atoms with Gasteiger partial charge >= 0.3 is 0 Å². The molecule has 18 heavy (non-hydrogen) atoms. The monoisotopic (exact) mass is 270 g/mol. The molecular weight excluding hydrogens is 251 g/mol. The summed E-state index contributed by atoms with van der Waals surface area (Å²) in [5.74, 6) is -0.172. The second-order valence-corrected chi connectivity index (χ2v) is 4.47. The van der Waals surface area contributed by atoms with Crippen LogP contribution in [-0.4, -0.2) is 31.1 Å². The fourth-order valence-electron chi connectivity index (χ4n) is 2.40. The topological polar surface area (TPSA) is 15.3 Å². The van der Waals surface area contributed by atoms with Gasteiger partial charge in [-0.25, -0.2) is 4.39 Å². The highest BCUT2D eigenvalue weighted by Crippen LogP contribution is 2.25. The predicted molar refractivity (Wildman–Crippen MR) is 75.8 cm³/mol. The normalized spacial score (nSPS) is 17.9. The van der Waals surface area contributed by atoms with Gasteiger partial charge in [0.25, 0.3) is 0 Å². The second-order valence-electron chi connectivity index (χ2n) is 4.47. The number of aryl methyl sites for hydroxylation is 1. The number of benzene rings is 1. The molecule has 0 bridgehead atoms. The molecule has 1 saturated heterocycles. The lowest BCUT2D eigenvalue weighted by molar-refractivity contribution is 0.203. The largest absolute Gasteiger partial charge is 0.314 e. The molecule has 1 aromatic carbocycles. The van der Waals surface area contributed by atoms with Crippen molar-refractivity contribution in [1.82, 2.24) is 10.2 Å². The molecule has 0 saturated carbocycles. The van der Waals surface area contributed by atoms with Crippen molar-refractivity contribution in [3.63, 3.8) is 0 Å². The summed E-state index contributed by atoms with van der Waals surface area (Å²) in [6.45, 7) is 9.90. The van der Waals surface area contributed by atoms with Gasteiger partial charge < -0.3 is 5.32 Å². The van der Waals surface area contributed by atoms with Gasteiger partial charge in [0.2, 0.25) is 0 Å². The number of piperazine rings is 1. The quantitative estimate of drug-likeness (QED) is 0.850. The van der Waals surface area contributed by atoms with Gasteiger partial charge in [-0.2, -0.15) is 0 Å². The van der Waals surface area contributed by atoms with Crippen molar-refractivity contribution < 1.29 is 4.39 Å². The van der Waals surface area contributed by atoms with Crippen molar-refractivity contribution in [3.05, 3.63) is 47.8 Å². The Morgan fingerprint density at radius 1 is 1.39 bits per heavy atom. The number of halogens is 2. The van der Waals surface area contributed by atoms with Crippen LogP contribution in [0.2, 0.25) is 0 Å². The molecule has 0 unspecified atom stereocenters. The Morgan fingerprint density at radius 2 is 2.06 bits per heavy atom. The lowest BCUT2D eigenvalue weighted by Gasteiger charge is -2.34. The van der Waals surface area contributed by atoms with E-state index in [4.69, 9.17) is 0 Å². The van der Waals surface area contributed by atoms with Crippen molar-refractivity contribution in [1.29, 1.82) is 0 Å². The maximum atomic E-state index is 13.1. The smallest absolute Gasteiger partial charge is 0.123 e. The maximum Gasteiger partial charge on any atom is 0.123 e. The predicted octanol–water partition coefficient (Wildman–Crippen LogP) is 2.69. The van der Waals surface area contributed by atoms with Gasteiger partial charge in [0.1, 0.15) is 5.82 Å². The highest BCUT2D eigenvalue weighted by Gasteiger charge is 2.20. The summed E-state index contributed by atoms with van der Waals surface area (Å²) < 4.78 is 13.1. The third-order valence-electron chi connectivity index (χ3n) is 3.32. The van der Waals surface area contributed by atoms with E-state index in [1.807, 2.05) is 19.1 Å². The Morgan fingerprint density at radius 3 is 2.61 bits per heavy atom. The molecule has 100 valence electrons. The summed E-state index contributed by atoms with van der Waals surface area (Å²) in [5.41, 5.74) is 2.15. The fourth-order valence-corrected chi connectivity index (χ4v) is 2.40. The average Bonchev–Trinajstić information content (AvgIpc) is 2.34. The molecule has 0 aliphatic carbocycles. The van der Waals surface area contributed by atoms with Crippen LogP contribution in [0.25, 0.3) is 0 Å². The van der Waals surface area contributed by atoms with E-state index in [1.54, 1.807) is 6.07 Å². The molecular formula is C14H20ClFN2. The minimum absolute atomic E-state index is 0. The molecule has 1 N–H and O–H groups in total. The lowest BCUT2D eigenvalue weighted by atomic mass is 9.99. The molecule has 0 spiro atoms. The minimum atomic E-state index is -0.172. The first-order chi connectivity index (χ1) is 8.22. The van der Waals surface area contributed by atoms with E-state index < -0.39 is 0 Å². The maximum absolute atomic E-state index is 13.1. The Bertz CT molecular complexity index is 403. The molecule has 1 aliphatic rings. The Hall–Kier alpha value is -0.900. The van der Waals surface area contributed by atoms with Crippen LogP contribution in [-0.2, 0) is 0 Å². The van der Waals surface area contributed by atoms with Crippen molar-refractivity contribution >= 4 is 12.4 Å². The van der Waals surface area contributed by atoms with Gasteiger partial charge in [0.05, 0.1) is 6.04 Å². The molecule has 1 atom stereocenters. The summed E-state index contributed by atoms with van der Waals surface area (Å²) >= 11 is 0. The number of hydrogen-bond acceptors (Lipinski definition) is 2. The fraction of sp³-hybridized carbons (Fsp3) is 0.429. The van der Waals surface area contributed by atoms with E-state index in [1.165, 1.54) is 6.07 Å². The summed E-state index contributed by atoms with van der Waals surface area (Å²) in [5, 5.41) is 3.33. The van der Waals surface area contributed by atoms with Crippen LogP contribution in [0.1, 0.15) is 17.2 Å². The highest BCUT2D eigenvalue weighted by atomic mass is 35.5. The lowest BCUT2D eigenvalue weighted by Crippen LogP contribution is -2.44. The van der Waals surface area contributed by atoms with Crippen molar-refractivity contribution in [2.24, 2.45) is 0 Å². The number of nitrogens with zero attached hydrogens (tertiary/aromatic N) is 1. The Balaban J connectivity index is 0.00000162. The summed E-state index contributed by atoms with van der Waals surface area (Å²) in [4.78, 5) is 2.38. The van der Waals surface area contributed by atoms with Crippen LogP contribution in [0.3, 0.4) is 0 Å². The Labute approximate surface area is 114 Å². The minimum Gasteiger partial charge on any atom is -0.314 e. The molecule has 2 nitrogen and oxygen atoms in total. The van der Waals surface area contributed by atoms with Crippen LogP contribution in [0.4, 0.5) is 4.39 Å². The van der Waals surface area contributed by atoms with Crippen LogP contribution in [0.5, 0.6) is 0 Å². The molecule has 1 fully saturated rings. The Kier molecular flexibility index (Phi) is 5.79. The van der Waals surface area contributed by atoms with Crippen LogP contribution < -0.4 is 5.32 Å². The third-order valence-corrected chi connectivity index (χ3v) is 3.32. The van der Waals surface area contributed by atoms with Crippen LogP contribution in [0, 0.1) is 12.7 Å². The van der Waals surface area contributed by atoms with Gasteiger partial charge in [-0.3, -0.25) is 4.90 Å². The molecule has 0 radical (unpaired) electrons. The van der Waals surface area contributed by atoms with E-state index in [0.717, 1.165) is 37.3 Å². The zero-order valence-electron chi connectivity index (χ0n) is 10.7. The van der Waals surface area contributed by atoms with Gasteiger partial charge in [-0.15, -0.1) is 19.0 Å². The van der Waals surface area contributed by atoms with E-state index in [0.29, 0.717) is 0 Å². The van der Waals surface area contributed by atoms with Crippen molar-refractivity contribution in [2.45, 2.75) is 13.0 Å². The zero-order chi connectivity index (χ0) is 12.3. The van der Waals surface area contributed by atoms with Gasteiger partial charge in [0, 0.05) is 26.2 Å². The van der Waals surface area contributed by atoms with Gasteiger partial charge in [-0.1, -0.05) is 12.1 Å². The first-order valence-electron chi connectivity index (χ1n) is 6.06. The molecule has 4 heteroatoms. The number of rotatable bonds is 3. The SMILES string of the molecule is C=C[C@H](c1ccc(F)cc1C)N1CCNCC1.Cl. The van der Waals surface area contributed by atoms with Crippen LogP contribution in [0.15, 0.2) is 30.9 Å². The van der Waals surface area contributed by atoms with Crippen molar-refractivity contribution in [3.8, 4) is 0 Å². The molecule has 1 aromatic rings. The van der Waals surface area contributed by atoms with E-state index >= 15 is 0 Å². The third kappa shape index (κ3) is 3.31. The van der Waals surface area contributed by atoms with E-state index in [2.05, 4.69) is 16.8 Å².